The molecule has 1 amide bonds. The first kappa shape index (κ1) is 26.6. The zero-order chi connectivity index (χ0) is 23.1. The van der Waals surface area contributed by atoms with E-state index in [9.17, 15) is 29.1 Å². The van der Waals surface area contributed by atoms with Gasteiger partial charge in [-0.2, -0.15) is 0 Å². The van der Waals surface area contributed by atoms with Gasteiger partial charge in [-0.25, -0.2) is 0 Å². The van der Waals surface area contributed by atoms with Crippen LogP contribution >= 0.6 is 0 Å². The summed E-state index contributed by atoms with van der Waals surface area (Å²) in [6, 6.07) is 0. The van der Waals surface area contributed by atoms with E-state index >= 15 is 0 Å². The highest BCUT2D eigenvalue weighted by molar-refractivity contribution is 5.80. The molecule has 1 aliphatic rings. The Kier molecular flexibility index (Phi) is 13.2. The molecule has 0 aromatic carbocycles. The lowest BCUT2D eigenvalue weighted by Crippen LogP contribution is -2.49. The Morgan fingerprint density at radius 3 is 1.74 bits per heavy atom. The van der Waals surface area contributed by atoms with Gasteiger partial charge in [-0.3, -0.25) is 34.0 Å². The molecule has 0 aromatic heterocycles. The Labute approximate surface area is 182 Å². The van der Waals surface area contributed by atoms with Crippen LogP contribution in [0.2, 0.25) is 0 Å². The molecule has 31 heavy (non-hydrogen) atoms. The summed E-state index contributed by atoms with van der Waals surface area (Å²) in [5.41, 5.74) is 0. The summed E-state index contributed by atoms with van der Waals surface area (Å²) in [5.74, 6) is -1.63. The van der Waals surface area contributed by atoms with Gasteiger partial charge in [0.05, 0.1) is 39.8 Å². The number of methoxy groups -OCH3 is 1. The van der Waals surface area contributed by atoms with Gasteiger partial charge in [-0.15, -0.1) is 0 Å². The number of esters is 1. The number of amides is 1. The Morgan fingerprint density at radius 1 is 0.806 bits per heavy atom. The largest absolute Gasteiger partial charge is 0.480 e. The lowest BCUT2D eigenvalue weighted by molar-refractivity contribution is -0.142. The number of aldehydes is 2. The summed E-state index contributed by atoms with van der Waals surface area (Å²) < 4.78 is 4.75. The van der Waals surface area contributed by atoms with Crippen LogP contribution < -0.4 is 5.32 Å². The third-order valence-electron chi connectivity index (χ3n) is 4.95. The molecule has 1 rings (SSSR count). The van der Waals surface area contributed by atoms with Crippen LogP contribution in [-0.2, 0) is 28.7 Å². The molecule has 0 aliphatic carbocycles. The molecular formula is C19H33N5O7. The Hall–Kier alpha value is -2.41. The number of carbonyl (C=O) groups excluding carboxylic acids is 4. The molecule has 2 N–H and O–H groups in total. The second-order valence-corrected chi connectivity index (χ2v) is 7.24. The number of nitrogens with zero attached hydrogens (tertiary/aromatic N) is 4. The molecule has 0 saturated carbocycles. The fraction of sp³-hybridized carbons (Fsp3) is 0.737. The van der Waals surface area contributed by atoms with Gasteiger partial charge >= 0.3 is 11.9 Å². The van der Waals surface area contributed by atoms with Crippen molar-refractivity contribution in [3.8, 4) is 0 Å². The van der Waals surface area contributed by atoms with Crippen molar-refractivity contribution in [2.75, 3.05) is 92.2 Å². The van der Waals surface area contributed by atoms with E-state index in [0.29, 0.717) is 58.6 Å². The van der Waals surface area contributed by atoms with Crippen LogP contribution in [0.15, 0.2) is 0 Å². The van der Waals surface area contributed by atoms with E-state index in [1.54, 1.807) is 4.90 Å². The molecule has 1 heterocycles. The van der Waals surface area contributed by atoms with Crippen molar-refractivity contribution in [3.05, 3.63) is 0 Å². The predicted molar refractivity (Wildman–Crippen MR) is 111 cm³/mol. The van der Waals surface area contributed by atoms with Crippen LogP contribution in [-0.4, -0.2) is 147 Å². The van der Waals surface area contributed by atoms with Crippen molar-refractivity contribution in [2.45, 2.75) is 0 Å². The highest BCUT2D eigenvalue weighted by Gasteiger charge is 2.20. The standard InChI is InChI=1S/C19H33N5O7/c1-31-19(30)16-24-9-7-22(14-17(27)20-2-12-25)5-3-21(11-13-26)4-6-23(8-10-24)15-18(28)29/h12-13H,2-11,14-16H2,1H3,(H,20,27)(H,28,29). The van der Waals surface area contributed by atoms with Gasteiger partial charge in [0.1, 0.15) is 12.6 Å². The van der Waals surface area contributed by atoms with Gasteiger partial charge < -0.3 is 24.7 Å². The van der Waals surface area contributed by atoms with E-state index in [4.69, 9.17) is 4.74 Å². The average Bonchev–Trinajstić information content (AvgIpc) is 2.73. The van der Waals surface area contributed by atoms with E-state index in [-0.39, 0.29) is 38.6 Å². The average molecular weight is 444 g/mol. The van der Waals surface area contributed by atoms with Crippen molar-refractivity contribution in [1.82, 2.24) is 24.9 Å². The third-order valence-corrected chi connectivity index (χ3v) is 4.95. The van der Waals surface area contributed by atoms with Crippen LogP contribution in [0.3, 0.4) is 0 Å². The van der Waals surface area contributed by atoms with Crippen molar-refractivity contribution >= 4 is 30.4 Å². The highest BCUT2D eigenvalue weighted by Crippen LogP contribution is 2.01. The van der Waals surface area contributed by atoms with Gasteiger partial charge in [-0.1, -0.05) is 0 Å². The molecule has 0 spiro atoms. The van der Waals surface area contributed by atoms with Crippen molar-refractivity contribution in [1.29, 1.82) is 0 Å². The number of aliphatic carboxylic acids is 1. The van der Waals surface area contributed by atoms with Crippen LogP contribution in [0.25, 0.3) is 0 Å². The quantitative estimate of drug-likeness (QED) is 0.263. The summed E-state index contributed by atoms with van der Waals surface area (Å²) >= 11 is 0. The Morgan fingerprint density at radius 2 is 1.29 bits per heavy atom. The maximum Gasteiger partial charge on any atom is 0.319 e. The second-order valence-electron chi connectivity index (χ2n) is 7.24. The third kappa shape index (κ3) is 12.1. The first-order valence-electron chi connectivity index (χ1n) is 10.2. The molecule has 176 valence electrons. The number of carboxylic acids is 1. The predicted octanol–water partition coefficient (Wildman–Crippen LogP) is -3.02. The lowest BCUT2D eigenvalue weighted by atomic mass is 10.3. The van der Waals surface area contributed by atoms with Gasteiger partial charge in [0, 0.05) is 52.4 Å². The monoisotopic (exact) mass is 443 g/mol. The molecule has 0 aromatic rings. The van der Waals surface area contributed by atoms with Gasteiger partial charge in [0.25, 0.3) is 0 Å². The molecule has 0 atom stereocenters. The fourth-order valence-electron chi connectivity index (χ4n) is 3.19. The summed E-state index contributed by atoms with van der Waals surface area (Å²) in [6.07, 6.45) is 1.41. The number of hydrogen-bond donors (Lipinski definition) is 2. The summed E-state index contributed by atoms with van der Waals surface area (Å²) in [6.45, 7) is 3.91. The molecule has 1 saturated heterocycles. The molecule has 0 unspecified atom stereocenters. The SMILES string of the molecule is COC(=O)CN1CCN(CC(=O)O)CCN(CC=O)CCN(CC(=O)NCC=O)CC1. The number of nitrogens with one attached hydrogen (secondary N) is 1. The molecule has 1 fully saturated rings. The smallest absolute Gasteiger partial charge is 0.319 e. The maximum absolute atomic E-state index is 12.1. The minimum Gasteiger partial charge on any atom is -0.480 e. The van der Waals surface area contributed by atoms with E-state index in [1.165, 1.54) is 7.11 Å². The molecule has 12 heteroatoms. The number of rotatable bonds is 10. The summed E-state index contributed by atoms with van der Waals surface area (Å²) in [4.78, 5) is 64.0. The molecular weight excluding hydrogens is 410 g/mol. The van der Waals surface area contributed by atoms with E-state index < -0.39 is 11.9 Å². The number of hydrogen-bond acceptors (Lipinski definition) is 10. The van der Waals surface area contributed by atoms with Gasteiger partial charge in [-0.05, 0) is 0 Å². The second kappa shape index (κ2) is 15.4. The Bertz CT molecular complexity index is 604. The van der Waals surface area contributed by atoms with Gasteiger partial charge in [0.2, 0.25) is 5.91 Å². The number of carbonyl (C=O) groups is 5. The van der Waals surface area contributed by atoms with Crippen LogP contribution in [0.1, 0.15) is 0 Å². The number of ether oxygens (including phenoxy) is 1. The zero-order valence-corrected chi connectivity index (χ0v) is 18.0. The van der Waals surface area contributed by atoms with E-state index in [0.717, 1.165) is 6.29 Å². The van der Waals surface area contributed by atoms with Crippen LogP contribution in [0.5, 0.6) is 0 Å². The van der Waals surface area contributed by atoms with Crippen molar-refractivity contribution in [2.24, 2.45) is 0 Å². The minimum absolute atomic E-state index is 0.0554. The highest BCUT2D eigenvalue weighted by atomic mass is 16.5. The van der Waals surface area contributed by atoms with Gasteiger partial charge in [0.15, 0.2) is 0 Å². The maximum atomic E-state index is 12.1. The lowest BCUT2D eigenvalue weighted by Gasteiger charge is -2.32. The normalized spacial score (nSPS) is 18.4. The molecule has 0 radical (unpaired) electrons. The van der Waals surface area contributed by atoms with E-state index in [1.807, 2.05) is 14.7 Å². The minimum atomic E-state index is -0.943. The first-order valence-corrected chi connectivity index (χ1v) is 10.2. The first-order chi connectivity index (χ1) is 14.9. The summed E-state index contributed by atoms with van der Waals surface area (Å²) in [5, 5.41) is 11.7. The van der Waals surface area contributed by atoms with Crippen LogP contribution in [0, 0.1) is 0 Å². The van der Waals surface area contributed by atoms with Crippen molar-refractivity contribution in [3.63, 3.8) is 0 Å². The van der Waals surface area contributed by atoms with Crippen LogP contribution in [0.4, 0.5) is 0 Å². The van der Waals surface area contributed by atoms with E-state index in [2.05, 4.69) is 5.32 Å². The fourth-order valence-corrected chi connectivity index (χ4v) is 3.19. The molecule has 0 bridgehead atoms. The van der Waals surface area contributed by atoms with Crippen molar-refractivity contribution < 1.29 is 33.8 Å². The summed E-state index contributed by atoms with van der Waals surface area (Å²) in [7, 11) is 1.31. The zero-order valence-electron chi connectivity index (χ0n) is 18.0. The molecule has 12 nitrogen and oxygen atoms in total. The molecule has 1 aliphatic heterocycles. The topological polar surface area (TPSA) is 140 Å². The number of carboxylic acid groups (broad SMARTS) is 1. The Balaban J connectivity index is 2.90.